The first-order chi connectivity index (χ1) is 4.97. The third kappa shape index (κ3) is 2.59. The van der Waals surface area contributed by atoms with E-state index < -0.39 is 0 Å². The van der Waals surface area contributed by atoms with Gasteiger partial charge < -0.3 is 4.74 Å². The van der Waals surface area contributed by atoms with Crippen LogP contribution in [-0.4, -0.2) is 0 Å². The van der Waals surface area contributed by atoms with Crippen LogP contribution in [0.2, 0.25) is 0 Å². The van der Waals surface area contributed by atoms with Crippen molar-refractivity contribution >= 4 is 0 Å². The molecule has 0 fully saturated rings. The van der Waals surface area contributed by atoms with E-state index in [0.717, 1.165) is 12.2 Å². The number of hydrogen-bond acceptors (Lipinski definition) is 1. The van der Waals surface area contributed by atoms with Gasteiger partial charge >= 0.3 is 0 Å². The van der Waals surface area contributed by atoms with Crippen LogP contribution in [0.5, 0.6) is 5.75 Å². The van der Waals surface area contributed by atoms with Gasteiger partial charge in [0.1, 0.15) is 5.75 Å². The van der Waals surface area contributed by atoms with Crippen LogP contribution in [0, 0.1) is 0 Å². The Kier molecular flexibility index (Phi) is 5.83. The number of hydrogen-bond donors (Lipinski definition) is 0. The van der Waals surface area contributed by atoms with Crippen LogP contribution >= 0.6 is 0 Å². The first-order valence-electron chi connectivity index (χ1n) is 3.36. The van der Waals surface area contributed by atoms with E-state index in [1.807, 2.05) is 24.3 Å². The summed E-state index contributed by atoms with van der Waals surface area (Å²) in [4.78, 5) is 0. The summed E-state index contributed by atoms with van der Waals surface area (Å²) in [5.74, 6) is 0.991. The second-order valence-corrected chi connectivity index (χ2v) is 2.30. The van der Waals surface area contributed by atoms with Gasteiger partial charge in [-0.25, -0.2) is 0 Å². The molecule has 1 heterocycles. The summed E-state index contributed by atoms with van der Waals surface area (Å²) in [6, 6.07) is 8.08. The predicted octanol–water partition coefficient (Wildman–Crippen LogP) is 2.13. The summed E-state index contributed by atoms with van der Waals surface area (Å²) in [6.45, 7) is 0. The van der Waals surface area contributed by atoms with E-state index in [-0.39, 0.29) is 42.8 Å². The molecular weight excluding hydrogens is 356 g/mol. The van der Waals surface area contributed by atoms with Gasteiger partial charge in [0.2, 0.25) is 0 Å². The molecule has 60 valence electrons. The molecule has 0 aliphatic carbocycles. The Hall–Kier alpha value is 0.163. The van der Waals surface area contributed by atoms with Gasteiger partial charge in [0.25, 0.3) is 0 Å². The predicted molar refractivity (Wildman–Crippen MR) is 39.9 cm³/mol. The average molecular weight is 364 g/mol. The minimum absolute atomic E-state index is 0. The van der Waals surface area contributed by atoms with Crippen LogP contribution in [-0.2, 0) is 49.2 Å². The summed E-state index contributed by atoms with van der Waals surface area (Å²) in [5, 5.41) is 0. The molecule has 0 saturated carbocycles. The van der Waals surface area contributed by atoms with Crippen molar-refractivity contribution in [1.29, 1.82) is 0 Å². The Morgan fingerprint density at radius 3 is 2.67 bits per heavy atom. The van der Waals surface area contributed by atoms with E-state index in [2.05, 4.69) is 6.07 Å². The van der Waals surface area contributed by atoms with Crippen molar-refractivity contribution in [2.24, 2.45) is 0 Å². The molecule has 0 spiro atoms. The largest absolute Gasteiger partial charge is 0.465 e. The standard InChI is InChI=1S/C9H8O.Ti.W/c1-2-6-9-8(4-1)5-3-7-10-9;;/h1-4,6-7H,5H2;;. The van der Waals surface area contributed by atoms with Crippen LogP contribution in [0.1, 0.15) is 5.56 Å². The number of fused-ring (bicyclic) bond motifs is 1. The quantitative estimate of drug-likeness (QED) is 0.642. The van der Waals surface area contributed by atoms with Gasteiger partial charge in [-0.2, -0.15) is 0 Å². The van der Waals surface area contributed by atoms with Crippen LogP contribution in [0.3, 0.4) is 0 Å². The fourth-order valence-corrected chi connectivity index (χ4v) is 1.08. The monoisotopic (exact) mass is 364 g/mol. The minimum atomic E-state index is 0. The molecule has 0 radical (unpaired) electrons. The molecule has 1 nitrogen and oxygen atoms in total. The molecule has 0 aromatic heterocycles. The molecule has 2 rings (SSSR count). The fraction of sp³-hybridized carbons (Fsp3) is 0.111. The van der Waals surface area contributed by atoms with Crippen LogP contribution in [0.25, 0.3) is 0 Å². The van der Waals surface area contributed by atoms with Gasteiger partial charge in [-0.05, 0) is 24.1 Å². The topological polar surface area (TPSA) is 9.23 Å². The van der Waals surface area contributed by atoms with Gasteiger partial charge in [-0.1, -0.05) is 18.2 Å². The zero-order valence-electron chi connectivity index (χ0n) is 6.49. The Labute approximate surface area is 101 Å². The molecule has 1 aliphatic heterocycles. The molecule has 3 heteroatoms. The molecular formula is C9H8OTiW. The molecule has 0 saturated heterocycles. The summed E-state index contributed by atoms with van der Waals surface area (Å²) >= 11 is 0. The molecule has 0 N–H and O–H groups in total. The number of para-hydroxylation sites is 1. The summed E-state index contributed by atoms with van der Waals surface area (Å²) in [7, 11) is 0. The average Bonchev–Trinajstić information content (AvgIpc) is 2.05. The molecule has 1 aliphatic rings. The summed E-state index contributed by atoms with van der Waals surface area (Å²) in [6.07, 6.45) is 4.75. The maximum Gasteiger partial charge on any atom is 0.130 e. The second kappa shape index (κ2) is 5.75. The van der Waals surface area contributed by atoms with Gasteiger partial charge in [-0.3, -0.25) is 0 Å². The van der Waals surface area contributed by atoms with Crippen LogP contribution in [0.4, 0.5) is 0 Å². The molecule has 12 heavy (non-hydrogen) atoms. The first kappa shape index (κ1) is 12.2. The van der Waals surface area contributed by atoms with Gasteiger partial charge in [0.05, 0.1) is 6.26 Å². The summed E-state index contributed by atoms with van der Waals surface area (Å²) < 4.78 is 5.24. The molecule has 0 atom stereocenters. The van der Waals surface area contributed by atoms with Crippen molar-refractivity contribution in [3.05, 3.63) is 42.2 Å². The maximum atomic E-state index is 5.24. The second-order valence-electron chi connectivity index (χ2n) is 2.30. The van der Waals surface area contributed by atoms with Crippen LogP contribution < -0.4 is 4.74 Å². The molecule has 0 bridgehead atoms. The number of allylic oxidation sites excluding steroid dienone is 1. The van der Waals surface area contributed by atoms with E-state index in [1.165, 1.54) is 5.56 Å². The van der Waals surface area contributed by atoms with Gasteiger partial charge in [0.15, 0.2) is 0 Å². The smallest absolute Gasteiger partial charge is 0.130 e. The van der Waals surface area contributed by atoms with E-state index >= 15 is 0 Å². The molecule has 1 aromatic carbocycles. The Morgan fingerprint density at radius 2 is 1.92 bits per heavy atom. The molecule has 0 unspecified atom stereocenters. The van der Waals surface area contributed by atoms with Crippen molar-refractivity contribution < 1.29 is 47.5 Å². The number of rotatable bonds is 0. The fourth-order valence-electron chi connectivity index (χ4n) is 1.08. The molecule has 1 aromatic rings. The zero-order valence-corrected chi connectivity index (χ0v) is 11.0. The normalized spacial score (nSPS) is 11.7. The zero-order chi connectivity index (χ0) is 6.81. The SMILES string of the molecule is C1=COc2ccccc2C1.[Ti].[W]. The molecule has 0 amide bonds. The first-order valence-corrected chi connectivity index (χ1v) is 3.36. The Bertz CT molecular complexity index is 246. The van der Waals surface area contributed by atoms with Crippen LogP contribution in [0.15, 0.2) is 36.6 Å². The van der Waals surface area contributed by atoms with Crippen molar-refractivity contribution in [1.82, 2.24) is 0 Å². The van der Waals surface area contributed by atoms with E-state index in [9.17, 15) is 0 Å². The van der Waals surface area contributed by atoms with Crippen molar-refractivity contribution in [2.45, 2.75) is 6.42 Å². The van der Waals surface area contributed by atoms with Crippen molar-refractivity contribution in [3.8, 4) is 5.75 Å². The Balaban J connectivity index is 0.000000605. The van der Waals surface area contributed by atoms with Gasteiger partial charge in [0, 0.05) is 42.8 Å². The maximum absolute atomic E-state index is 5.24. The summed E-state index contributed by atoms with van der Waals surface area (Å²) in [5.41, 5.74) is 1.27. The van der Waals surface area contributed by atoms with Crippen molar-refractivity contribution in [3.63, 3.8) is 0 Å². The number of benzene rings is 1. The third-order valence-electron chi connectivity index (χ3n) is 1.60. The number of ether oxygens (including phenoxy) is 1. The van der Waals surface area contributed by atoms with E-state index in [4.69, 9.17) is 4.74 Å². The third-order valence-corrected chi connectivity index (χ3v) is 1.60. The van der Waals surface area contributed by atoms with Gasteiger partial charge in [-0.15, -0.1) is 0 Å². The van der Waals surface area contributed by atoms with E-state index in [0.29, 0.717) is 0 Å². The minimum Gasteiger partial charge on any atom is -0.465 e. The van der Waals surface area contributed by atoms with Crippen molar-refractivity contribution in [2.75, 3.05) is 0 Å². The Morgan fingerprint density at radius 1 is 1.17 bits per heavy atom. The van der Waals surface area contributed by atoms with E-state index in [1.54, 1.807) is 6.26 Å².